The van der Waals surface area contributed by atoms with Crippen molar-refractivity contribution in [2.24, 2.45) is 11.7 Å². The van der Waals surface area contributed by atoms with Crippen molar-refractivity contribution in [1.82, 2.24) is 4.90 Å². The summed E-state index contributed by atoms with van der Waals surface area (Å²) < 4.78 is 42.7. The first-order valence-corrected chi connectivity index (χ1v) is 8.15. The Morgan fingerprint density at radius 3 is 2.52 bits per heavy atom. The number of benzene rings is 1. The molecule has 1 saturated carbocycles. The topological polar surface area (TPSA) is 75.8 Å². The molecule has 3 atom stereocenters. The molecule has 2 rings (SSSR count). The van der Waals surface area contributed by atoms with E-state index in [0.717, 1.165) is 25.0 Å². The average Bonchev–Trinajstić information content (AvgIpc) is 2.98. The molecular formula is C17H23F3N2O3. The van der Waals surface area contributed by atoms with Gasteiger partial charge in [-0.3, -0.25) is 4.79 Å². The monoisotopic (exact) mass is 360 g/mol. The van der Waals surface area contributed by atoms with E-state index in [-0.39, 0.29) is 36.8 Å². The number of nitrogens with zero attached hydrogens (tertiary/aromatic N) is 1. The van der Waals surface area contributed by atoms with Gasteiger partial charge in [0, 0.05) is 25.6 Å². The number of hydrogen-bond donors (Lipinski definition) is 2. The highest BCUT2D eigenvalue weighted by atomic mass is 19.4. The zero-order chi connectivity index (χ0) is 18.6. The zero-order valence-corrected chi connectivity index (χ0v) is 14.0. The molecule has 0 radical (unpaired) electrons. The van der Waals surface area contributed by atoms with Crippen LogP contribution in [0.1, 0.15) is 24.8 Å². The predicted octanol–water partition coefficient (Wildman–Crippen LogP) is 2.03. The van der Waals surface area contributed by atoms with Crippen molar-refractivity contribution in [3.8, 4) is 5.75 Å². The van der Waals surface area contributed by atoms with Crippen LogP contribution in [0.15, 0.2) is 24.3 Å². The first kappa shape index (κ1) is 19.5. The number of nitrogens with two attached hydrogens (primary N) is 1. The van der Waals surface area contributed by atoms with Gasteiger partial charge in [0.15, 0.2) is 0 Å². The molecule has 0 aliphatic heterocycles. The van der Waals surface area contributed by atoms with Gasteiger partial charge in [-0.05, 0) is 43.5 Å². The SMILES string of the molecule is CN(C[C@H](O)COc1ccc(C(F)(F)F)cc1)C(=O)[C@@H]1CC[C@H](N)C1. The third kappa shape index (κ3) is 5.61. The lowest BCUT2D eigenvalue weighted by molar-refractivity contribution is -0.137. The van der Waals surface area contributed by atoms with Crippen molar-refractivity contribution < 1.29 is 27.8 Å². The highest BCUT2D eigenvalue weighted by Gasteiger charge is 2.31. The van der Waals surface area contributed by atoms with E-state index in [2.05, 4.69) is 0 Å². The third-order valence-corrected chi connectivity index (χ3v) is 4.31. The molecule has 1 aromatic rings. The van der Waals surface area contributed by atoms with Crippen molar-refractivity contribution in [1.29, 1.82) is 0 Å². The number of aliphatic hydroxyl groups excluding tert-OH is 1. The second-order valence-corrected chi connectivity index (χ2v) is 6.48. The number of hydrogen-bond acceptors (Lipinski definition) is 4. The van der Waals surface area contributed by atoms with Gasteiger partial charge in [0.05, 0.1) is 5.56 Å². The molecule has 8 heteroatoms. The Morgan fingerprint density at radius 2 is 2.00 bits per heavy atom. The fourth-order valence-corrected chi connectivity index (χ4v) is 2.94. The standard InChI is InChI=1S/C17H23F3N2O3/c1-22(16(24)11-2-5-13(21)8-11)9-14(23)10-25-15-6-3-12(4-7-15)17(18,19)20/h3-4,6-7,11,13-14,23H,2,5,8-10,21H2,1H3/t11-,13+,14+/m1/s1. The minimum Gasteiger partial charge on any atom is -0.491 e. The van der Waals surface area contributed by atoms with Crippen LogP contribution in [0, 0.1) is 5.92 Å². The Labute approximate surface area is 144 Å². The van der Waals surface area contributed by atoms with Crippen molar-refractivity contribution in [3.05, 3.63) is 29.8 Å². The fraction of sp³-hybridized carbons (Fsp3) is 0.588. The Kier molecular flexibility index (Phi) is 6.29. The molecular weight excluding hydrogens is 337 g/mol. The first-order chi connectivity index (χ1) is 11.7. The minimum atomic E-state index is -4.40. The number of ether oxygens (including phenoxy) is 1. The molecule has 0 aromatic heterocycles. The van der Waals surface area contributed by atoms with Gasteiger partial charge in [-0.15, -0.1) is 0 Å². The zero-order valence-electron chi connectivity index (χ0n) is 14.0. The molecule has 25 heavy (non-hydrogen) atoms. The van der Waals surface area contributed by atoms with E-state index in [1.807, 2.05) is 0 Å². The van der Waals surface area contributed by atoms with Crippen LogP contribution in [-0.2, 0) is 11.0 Å². The van der Waals surface area contributed by atoms with E-state index in [9.17, 15) is 23.1 Å². The molecule has 1 amide bonds. The number of halogens is 3. The summed E-state index contributed by atoms with van der Waals surface area (Å²) in [6.07, 6.45) is -3.11. The number of likely N-dealkylation sites (N-methyl/N-ethyl adjacent to an activating group) is 1. The predicted molar refractivity (Wildman–Crippen MR) is 85.9 cm³/mol. The number of aliphatic hydroxyl groups is 1. The summed E-state index contributed by atoms with van der Waals surface area (Å²) in [4.78, 5) is 13.7. The summed E-state index contributed by atoms with van der Waals surface area (Å²) >= 11 is 0. The van der Waals surface area contributed by atoms with Crippen LogP contribution in [-0.4, -0.2) is 48.3 Å². The highest BCUT2D eigenvalue weighted by molar-refractivity contribution is 5.79. The molecule has 0 bridgehead atoms. The summed E-state index contributed by atoms with van der Waals surface area (Å²) in [6, 6.07) is 4.28. The molecule has 5 nitrogen and oxygen atoms in total. The normalized spacial score (nSPS) is 21.8. The van der Waals surface area contributed by atoms with Gasteiger partial charge < -0.3 is 20.5 Å². The lowest BCUT2D eigenvalue weighted by Crippen LogP contribution is -2.39. The molecule has 0 heterocycles. The van der Waals surface area contributed by atoms with Crippen LogP contribution >= 0.6 is 0 Å². The molecule has 0 spiro atoms. The molecule has 140 valence electrons. The van der Waals surface area contributed by atoms with E-state index in [4.69, 9.17) is 10.5 Å². The fourth-order valence-electron chi connectivity index (χ4n) is 2.94. The largest absolute Gasteiger partial charge is 0.491 e. The second kappa shape index (κ2) is 8.05. The van der Waals surface area contributed by atoms with Gasteiger partial charge in [-0.2, -0.15) is 13.2 Å². The maximum absolute atomic E-state index is 12.5. The van der Waals surface area contributed by atoms with Gasteiger partial charge >= 0.3 is 6.18 Å². The van der Waals surface area contributed by atoms with Gasteiger partial charge in [-0.1, -0.05) is 0 Å². The van der Waals surface area contributed by atoms with Crippen molar-refractivity contribution >= 4 is 5.91 Å². The lowest BCUT2D eigenvalue weighted by atomic mass is 10.1. The molecule has 1 aliphatic rings. The summed E-state index contributed by atoms with van der Waals surface area (Å²) in [6.45, 7) is -0.0294. The van der Waals surface area contributed by atoms with E-state index in [1.165, 1.54) is 17.0 Å². The van der Waals surface area contributed by atoms with E-state index < -0.39 is 17.8 Å². The van der Waals surface area contributed by atoms with Crippen LogP contribution in [0.5, 0.6) is 5.75 Å². The number of rotatable bonds is 6. The summed E-state index contributed by atoms with van der Waals surface area (Å²) in [7, 11) is 1.60. The molecule has 0 unspecified atom stereocenters. The number of alkyl halides is 3. The van der Waals surface area contributed by atoms with Crippen LogP contribution in [0.2, 0.25) is 0 Å². The number of carbonyl (C=O) groups excluding carboxylic acids is 1. The Bertz CT molecular complexity index is 577. The molecule has 3 N–H and O–H groups in total. The van der Waals surface area contributed by atoms with Crippen LogP contribution in [0.4, 0.5) is 13.2 Å². The van der Waals surface area contributed by atoms with Gasteiger partial charge in [0.1, 0.15) is 18.5 Å². The summed E-state index contributed by atoms with van der Waals surface area (Å²) in [5.41, 5.74) is 5.04. The van der Waals surface area contributed by atoms with E-state index >= 15 is 0 Å². The van der Waals surface area contributed by atoms with Crippen molar-refractivity contribution in [2.75, 3.05) is 20.2 Å². The average molecular weight is 360 g/mol. The molecule has 1 fully saturated rings. The van der Waals surface area contributed by atoms with Crippen molar-refractivity contribution in [2.45, 2.75) is 37.6 Å². The molecule has 1 aliphatic carbocycles. The lowest BCUT2D eigenvalue weighted by Gasteiger charge is -2.24. The third-order valence-electron chi connectivity index (χ3n) is 4.31. The first-order valence-electron chi connectivity index (χ1n) is 8.15. The van der Waals surface area contributed by atoms with Gasteiger partial charge in [0.25, 0.3) is 0 Å². The van der Waals surface area contributed by atoms with Crippen LogP contribution in [0.25, 0.3) is 0 Å². The van der Waals surface area contributed by atoms with E-state index in [0.29, 0.717) is 6.42 Å². The van der Waals surface area contributed by atoms with Crippen LogP contribution in [0.3, 0.4) is 0 Å². The second-order valence-electron chi connectivity index (χ2n) is 6.48. The summed E-state index contributed by atoms with van der Waals surface area (Å²) in [5.74, 6) is 0.0624. The Morgan fingerprint density at radius 1 is 1.36 bits per heavy atom. The van der Waals surface area contributed by atoms with Gasteiger partial charge in [-0.25, -0.2) is 0 Å². The molecule has 1 aromatic carbocycles. The maximum Gasteiger partial charge on any atom is 0.416 e. The quantitative estimate of drug-likeness (QED) is 0.814. The minimum absolute atomic E-state index is 0.0512. The van der Waals surface area contributed by atoms with Gasteiger partial charge in [0.2, 0.25) is 5.91 Å². The highest BCUT2D eigenvalue weighted by Crippen LogP contribution is 2.30. The smallest absolute Gasteiger partial charge is 0.416 e. The number of amides is 1. The number of carbonyl (C=O) groups is 1. The van der Waals surface area contributed by atoms with E-state index in [1.54, 1.807) is 7.05 Å². The van der Waals surface area contributed by atoms with Crippen LogP contribution < -0.4 is 10.5 Å². The Balaban J connectivity index is 1.78. The molecule has 0 saturated heterocycles. The van der Waals surface area contributed by atoms with Crippen molar-refractivity contribution in [3.63, 3.8) is 0 Å². The Hall–Kier alpha value is -1.80. The maximum atomic E-state index is 12.5. The summed E-state index contributed by atoms with van der Waals surface area (Å²) in [5, 5.41) is 9.98.